The van der Waals surface area contributed by atoms with Gasteiger partial charge in [0.15, 0.2) is 0 Å². The van der Waals surface area contributed by atoms with Crippen LogP contribution in [0.4, 0.5) is 0 Å². The molecule has 0 saturated carbocycles. The van der Waals surface area contributed by atoms with Gasteiger partial charge in [-0.25, -0.2) is 0 Å². The van der Waals surface area contributed by atoms with Gasteiger partial charge in [0.1, 0.15) is 5.75 Å². The Kier molecular flexibility index (Phi) is 3.56. The fourth-order valence-electron chi connectivity index (χ4n) is 3.09. The molecule has 2 aliphatic rings. The lowest BCUT2D eigenvalue weighted by Crippen LogP contribution is -2.56. The van der Waals surface area contributed by atoms with E-state index in [4.69, 9.17) is 9.26 Å². The predicted molar refractivity (Wildman–Crippen MR) is 75.0 cm³/mol. The quantitative estimate of drug-likeness (QED) is 0.781. The van der Waals surface area contributed by atoms with Crippen molar-refractivity contribution in [1.82, 2.24) is 4.90 Å². The van der Waals surface area contributed by atoms with Gasteiger partial charge in [0.2, 0.25) is 0 Å². The van der Waals surface area contributed by atoms with Gasteiger partial charge >= 0.3 is 0 Å². The molecule has 3 rings (SSSR count). The number of methoxy groups -OCH3 is 1. The van der Waals surface area contributed by atoms with E-state index in [0.29, 0.717) is 12.1 Å². The van der Waals surface area contributed by atoms with E-state index >= 15 is 0 Å². The number of ether oxygens (including phenoxy) is 1. The van der Waals surface area contributed by atoms with Crippen LogP contribution in [0.25, 0.3) is 0 Å². The van der Waals surface area contributed by atoms with Crippen molar-refractivity contribution in [3.8, 4) is 5.75 Å². The van der Waals surface area contributed by atoms with E-state index in [1.807, 2.05) is 0 Å². The third-order valence-corrected chi connectivity index (χ3v) is 4.61. The second kappa shape index (κ2) is 5.16. The largest absolute Gasteiger partial charge is 0.496 e. The van der Waals surface area contributed by atoms with Gasteiger partial charge in [0, 0.05) is 28.6 Å². The van der Waals surface area contributed by atoms with Gasteiger partial charge in [-0.3, -0.25) is 4.90 Å². The summed E-state index contributed by atoms with van der Waals surface area (Å²) in [5.74, 6) is 1.05. The van der Waals surface area contributed by atoms with Crippen LogP contribution in [0.1, 0.15) is 17.5 Å². The van der Waals surface area contributed by atoms with E-state index in [2.05, 4.69) is 32.6 Å². The van der Waals surface area contributed by atoms with Crippen LogP contribution >= 0.6 is 9.47 Å². The van der Waals surface area contributed by atoms with Crippen LogP contribution in [0.2, 0.25) is 0 Å². The van der Waals surface area contributed by atoms with Crippen molar-refractivity contribution in [3.63, 3.8) is 0 Å². The molecular formula is C14H20NO2P. The zero-order valence-corrected chi connectivity index (χ0v) is 11.9. The number of rotatable bonds is 3. The molecule has 4 heteroatoms. The minimum Gasteiger partial charge on any atom is -0.496 e. The second-order valence-corrected chi connectivity index (χ2v) is 5.48. The van der Waals surface area contributed by atoms with E-state index in [1.165, 1.54) is 24.0 Å². The van der Waals surface area contributed by atoms with Crippen molar-refractivity contribution >= 4 is 9.47 Å². The SMILES string of the molecule is COc1cccc2c1CC(N1CC(OP)C1)CC2. The average Bonchev–Trinajstić information content (AvgIpc) is 2.36. The summed E-state index contributed by atoms with van der Waals surface area (Å²) in [4.78, 5) is 2.53. The first-order chi connectivity index (χ1) is 8.81. The average molecular weight is 265 g/mol. The normalized spacial score (nSPS) is 24.4. The Hall–Kier alpha value is -0.630. The fourth-order valence-corrected chi connectivity index (χ4v) is 3.27. The van der Waals surface area contributed by atoms with E-state index in [1.54, 1.807) is 7.11 Å². The standard InChI is InChI=1S/C14H20NO2P/c1-16-14-4-2-3-10-5-6-11(7-13(10)14)15-8-12(9-15)17-18/h2-4,11-12H,5-9,18H2,1H3. The molecule has 1 heterocycles. The first-order valence-corrected chi connectivity index (χ1v) is 7.03. The molecule has 0 amide bonds. The Bertz CT molecular complexity index is 418. The highest BCUT2D eigenvalue weighted by atomic mass is 31.0. The van der Waals surface area contributed by atoms with Crippen LogP contribution < -0.4 is 4.74 Å². The summed E-state index contributed by atoms with van der Waals surface area (Å²) in [5, 5.41) is 0. The second-order valence-electron chi connectivity index (χ2n) is 5.21. The van der Waals surface area contributed by atoms with Crippen LogP contribution in [-0.2, 0) is 17.4 Å². The van der Waals surface area contributed by atoms with Crippen molar-refractivity contribution in [1.29, 1.82) is 0 Å². The van der Waals surface area contributed by atoms with Gasteiger partial charge in [-0.1, -0.05) is 12.1 Å². The summed E-state index contributed by atoms with van der Waals surface area (Å²) in [7, 11) is 4.14. The van der Waals surface area contributed by atoms with Gasteiger partial charge < -0.3 is 9.26 Å². The monoisotopic (exact) mass is 265 g/mol. The topological polar surface area (TPSA) is 21.7 Å². The highest BCUT2D eigenvalue weighted by Gasteiger charge is 2.34. The molecule has 0 bridgehead atoms. The summed E-state index contributed by atoms with van der Waals surface area (Å²) < 4.78 is 10.8. The van der Waals surface area contributed by atoms with Crippen molar-refractivity contribution < 1.29 is 9.26 Å². The van der Waals surface area contributed by atoms with E-state index in [-0.39, 0.29) is 0 Å². The smallest absolute Gasteiger partial charge is 0.122 e. The first-order valence-electron chi connectivity index (χ1n) is 6.56. The van der Waals surface area contributed by atoms with Crippen molar-refractivity contribution in [2.24, 2.45) is 0 Å². The molecule has 0 aromatic heterocycles. The molecule has 18 heavy (non-hydrogen) atoms. The Balaban J connectivity index is 1.73. The van der Waals surface area contributed by atoms with Crippen LogP contribution in [0.15, 0.2) is 18.2 Å². The minimum atomic E-state index is 0.411. The molecule has 1 aromatic carbocycles. The maximum absolute atomic E-state index is 5.49. The van der Waals surface area contributed by atoms with Crippen LogP contribution in [-0.4, -0.2) is 37.2 Å². The molecule has 3 nitrogen and oxygen atoms in total. The zero-order chi connectivity index (χ0) is 12.5. The summed E-state index contributed by atoms with van der Waals surface area (Å²) in [6, 6.07) is 7.06. The van der Waals surface area contributed by atoms with E-state index < -0.39 is 0 Å². The number of hydrogen-bond acceptors (Lipinski definition) is 3. The Morgan fingerprint density at radius 3 is 2.89 bits per heavy atom. The lowest BCUT2D eigenvalue weighted by Gasteiger charge is -2.45. The number of likely N-dealkylation sites (tertiary alicyclic amines) is 1. The maximum Gasteiger partial charge on any atom is 0.122 e. The molecule has 0 radical (unpaired) electrons. The van der Waals surface area contributed by atoms with Crippen molar-refractivity contribution in [2.45, 2.75) is 31.4 Å². The summed E-state index contributed by atoms with van der Waals surface area (Å²) >= 11 is 0. The van der Waals surface area contributed by atoms with Crippen LogP contribution in [0.5, 0.6) is 5.75 Å². The minimum absolute atomic E-state index is 0.411. The molecule has 2 atom stereocenters. The number of fused-ring (bicyclic) bond motifs is 1. The van der Waals surface area contributed by atoms with Crippen LogP contribution in [0, 0.1) is 0 Å². The fraction of sp³-hybridized carbons (Fsp3) is 0.571. The number of aryl methyl sites for hydroxylation is 1. The molecule has 98 valence electrons. The zero-order valence-electron chi connectivity index (χ0n) is 10.8. The third kappa shape index (κ3) is 2.16. The Labute approximate surface area is 111 Å². The lowest BCUT2D eigenvalue weighted by atomic mass is 9.85. The van der Waals surface area contributed by atoms with Gasteiger partial charge in [-0.2, -0.15) is 0 Å². The molecular weight excluding hydrogens is 245 g/mol. The predicted octanol–water partition coefficient (Wildman–Crippen LogP) is 2.04. The maximum atomic E-state index is 5.49. The van der Waals surface area contributed by atoms with Crippen molar-refractivity contribution in [2.75, 3.05) is 20.2 Å². The molecule has 1 saturated heterocycles. The van der Waals surface area contributed by atoms with Gasteiger partial charge in [-0.15, -0.1) is 0 Å². The molecule has 0 N–H and O–H groups in total. The third-order valence-electron chi connectivity index (χ3n) is 4.22. The summed E-state index contributed by atoms with van der Waals surface area (Å²) in [5.41, 5.74) is 2.87. The number of nitrogens with zero attached hydrogens (tertiary/aromatic N) is 1. The van der Waals surface area contributed by atoms with E-state index in [9.17, 15) is 0 Å². The van der Waals surface area contributed by atoms with Gasteiger partial charge in [0.05, 0.1) is 13.2 Å². The number of benzene rings is 1. The summed E-state index contributed by atoms with van der Waals surface area (Å²) in [6.07, 6.45) is 3.95. The summed E-state index contributed by atoms with van der Waals surface area (Å²) in [6.45, 7) is 2.14. The van der Waals surface area contributed by atoms with Gasteiger partial charge in [0.25, 0.3) is 0 Å². The molecule has 0 spiro atoms. The van der Waals surface area contributed by atoms with E-state index in [0.717, 1.165) is 25.3 Å². The highest BCUT2D eigenvalue weighted by molar-refractivity contribution is 7.09. The van der Waals surface area contributed by atoms with Crippen molar-refractivity contribution in [3.05, 3.63) is 29.3 Å². The molecule has 2 unspecified atom stereocenters. The highest BCUT2D eigenvalue weighted by Crippen LogP contribution is 2.33. The molecule has 1 aromatic rings. The van der Waals surface area contributed by atoms with Crippen LogP contribution in [0.3, 0.4) is 0 Å². The Morgan fingerprint density at radius 2 is 2.17 bits per heavy atom. The lowest BCUT2D eigenvalue weighted by molar-refractivity contribution is -0.00337. The Morgan fingerprint density at radius 1 is 1.33 bits per heavy atom. The van der Waals surface area contributed by atoms with Gasteiger partial charge in [-0.05, 0) is 36.5 Å². The molecule has 1 aliphatic heterocycles. The first kappa shape index (κ1) is 12.4. The number of hydrogen-bond donors (Lipinski definition) is 0. The molecule has 1 fully saturated rings. The molecule has 1 aliphatic carbocycles.